The average Bonchev–Trinajstić information content (AvgIpc) is 2.46. The molecule has 1 unspecified atom stereocenters. The minimum absolute atomic E-state index is 0.0696. The molecule has 8 heteroatoms. The Morgan fingerprint density at radius 2 is 2.33 bits per heavy atom. The fraction of sp³-hybridized carbons (Fsp3) is 0.615. The molecule has 1 aromatic heterocycles. The van der Waals surface area contributed by atoms with Gasteiger partial charge in [-0.05, 0) is 25.3 Å². The van der Waals surface area contributed by atoms with E-state index in [0.717, 1.165) is 25.8 Å². The summed E-state index contributed by atoms with van der Waals surface area (Å²) in [5, 5.41) is 3.34. The molecular formula is C13H20ClN3O3S. The molecule has 0 aromatic carbocycles. The molecule has 1 atom stereocenters. The van der Waals surface area contributed by atoms with Crippen molar-refractivity contribution in [1.82, 2.24) is 9.71 Å². The molecule has 1 fully saturated rings. The number of halogens is 1. The van der Waals surface area contributed by atoms with Crippen LogP contribution in [0.3, 0.4) is 0 Å². The van der Waals surface area contributed by atoms with Crippen molar-refractivity contribution >= 4 is 27.4 Å². The van der Waals surface area contributed by atoms with Gasteiger partial charge in [0.1, 0.15) is 10.7 Å². The first-order chi connectivity index (χ1) is 10.0. The molecule has 2 heterocycles. The molecule has 0 aliphatic carbocycles. The van der Waals surface area contributed by atoms with Crippen LogP contribution in [0.25, 0.3) is 0 Å². The van der Waals surface area contributed by atoms with Crippen molar-refractivity contribution in [3.05, 3.63) is 17.3 Å². The molecule has 0 bridgehead atoms. The van der Waals surface area contributed by atoms with Crippen LogP contribution in [0.4, 0.5) is 5.82 Å². The maximum Gasteiger partial charge on any atom is 0.242 e. The molecule has 1 saturated heterocycles. The smallest absolute Gasteiger partial charge is 0.242 e. The first-order valence-corrected chi connectivity index (χ1v) is 8.88. The predicted octanol–water partition coefficient (Wildman–Crippen LogP) is 2.01. The predicted molar refractivity (Wildman–Crippen MR) is 82.2 cm³/mol. The summed E-state index contributed by atoms with van der Waals surface area (Å²) in [5.74, 6) is 0.499. The third-order valence-electron chi connectivity index (χ3n) is 3.15. The highest BCUT2D eigenvalue weighted by atomic mass is 35.5. The minimum Gasteiger partial charge on any atom is -0.380 e. The second kappa shape index (κ2) is 7.40. The van der Waals surface area contributed by atoms with Crippen molar-refractivity contribution in [1.29, 1.82) is 0 Å². The van der Waals surface area contributed by atoms with Gasteiger partial charge in [0.15, 0.2) is 0 Å². The minimum atomic E-state index is -3.62. The van der Waals surface area contributed by atoms with Crippen LogP contribution in [0.2, 0.25) is 5.02 Å². The Morgan fingerprint density at radius 1 is 1.52 bits per heavy atom. The van der Waals surface area contributed by atoms with Crippen LogP contribution < -0.4 is 10.0 Å². The number of hydrogen-bond donors (Lipinski definition) is 2. The summed E-state index contributed by atoms with van der Waals surface area (Å²) in [7, 11) is -3.62. The number of rotatable bonds is 6. The molecular weight excluding hydrogens is 314 g/mol. The molecule has 6 nitrogen and oxygen atoms in total. The highest BCUT2D eigenvalue weighted by Crippen LogP contribution is 2.23. The maximum atomic E-state index is 12.3. The average molecular weight is 334 g/mol. The number of ether oxygens (including phenoxy) is 1. The lowest BCUT2D eigenvalue weighted by Crippen LogP contribution is -2.40. The van der Waals surface area contributed by atoms with Crippen molar-refractivity contribution in [3.8, 4) is 0 Å². The van der Waals surface area contributed by atoms with E-state index in [4.69, 9.17) is 16.3 Å². The summed E-state index contributed by atoms with van der Waals surface area (Å²) in [5.41, 5.74) is 0. The largest absolute Gasteiger partial charge is 0.380 e. The summed E-state index contributed by atoms with van der Waals surface area (Å²) >= 11 is 6.07. The second-order valence-electron chi connectivity index (χ2n) is 4.96. The molecule has 0 spiro atoms. The fourth-order valence-electron chi connectivity index (χ4n) is 2.06. The molecule has 2 rings (SSSR count). The summed E-state index contributed by atoms with van der Waals surface area (Å²) in [4.78, 5) is 4.15. The Balaban J connectivity index is 2.10. The Hall–Kier alpha value is -0.890. The van der Waals surface area contributed by atoms with Crippen molar-refractivity contribution in [3.63, 3.8) is 0 Å². The van der Waals surface area contributed by atoms with E-state index in [9.17, 15) is 8.42 Å². The van der Waals surface area contributed by atoms with E-state index in [2.05, 4.69) is 15.0 Å². The van der Waals surface area contributed by atoms with E-state index >= 15 is 0 Å². The fourth-order valence-corrected chi connectivity index (χ4v) is 3.59. The van der Waals surface area contributed by atoms with Crippen molar-refractivity contribution in [2.75, 3.05) is 25.1 Å². The molecule has 1 aliphatic rings. The molecule has 118 valence electrons. The highest BCUT2D eigenvalue weighted by Gasteiger charge is 2.23. The number of nitrogens with zero attached hydrogens (tertiary/aromatic N) is 1. The lowest BCUT2D eigenvalue weighted by molar-refractivity contribution is 0.0774. The number of aromatic nitrogens is 1. The standard InChI is InChI=1S/C13H20ClN3O3S/c1-2-5-15-13-12(14)7-11(8-16-13)21(18,19)17-10-4-3-6-20-9-10/h7-8,10,17H,2-6,9H2,1H3,(H,15,16). The number of hydrogen-bond acceptors (Lipinski definition) is 5. The maximum absolute atomic E-state index is 12.3. The van der Waals surface area contributed by atoms with Gasteiger partial charge in [0.05, 0.1) is 11.6 Å². The topological polar surface area (TPSA) is 80.3 Å². The zero-order valence-electron chi connectivity index (χ0n) is 11.9. The van der Waals surface area contributed by atoms with E-state index < -0.39 is 10.0 Å². The van der Waals surface area contributed by atoms with Crippen LogP contribution in [-0.4, -0.2) is 39.2 Å². The van der Waals surface area contributed by atoms with E-state index in [0.29, 0.717) is 24.1 Å². The van der Waals surface area contributed by atoms with Gasteiger partial charge >= 0.3 is 0 Å². The van der Waals surface area contributed by atoms with E-state index in [-0.39, 0.29) is 10.9 Å². The summed E-state index contributed by atoms with van der Waals surface area (Å²) in [6.45, 7) is 3.84. The second-order valence-corrected chi connectivity index (χ2v) is 7.08. The zero-order valence-corrected chi connectivity index (χ0v) is 13.5. The number of nitrogens with one attached hydrogen (secondary N) is 2. The van der Waals surface area contributed by atoms with Crippen molar-refractivity contribution < 1.29 is 13.2 Å². The first-order valence-electron chi connectivity index (χ1n) is 7.02. The van der Waals surface area contributed by atoms with Gasteiger partial charge in [-0.25, -0.2) is 18.1 Å². The van der Waals surface area contributed by atoms with Gasteiger partial charge in [-0.2, -0.15) is 0 Å². The van der Waals surface area contributed by atoms with Gasteiger partial charge < -0.3 is 10.1 Å². The summed E-state index contributed by atoms with van der Waals surface area (Å²) < 4.78 is 32.5. The monoisotopic (exact) mass is 333 g/mol. The molecule has 1 aromatic rings. The van der Waals surface area contributed by atoms with E-state index in [1.54, 1.807) is 0 Å². The van der Waals surface area contributed by atoms with E-state index in [1.165, 1.54) is 12.3 Å². The molecule has 2 N–H and O–H groups in total. The Bertz CT molecular complexity index is 574. The normalized spacial score (nSPS) is 19.4. The molecule has 21 heavy (non-hydrogen) atoms. The summed E-state index contributed by atoms with van der Waals surface area (Å²) in [6.07, 6.45) is 3.87. The Kier molecular flexibility index (Phi) is 5.80. The lowest BCUT2D eigenvalue weighted by atomic mass is 10.1. The van der Waals surface area contributed by atoms with Crippen molar-refractivity contribution in [2.24, 2.45) is 0 Å². The van der Waals surface area contributed by atoms with Crippen LogP contribution in [0.15, 0.2) is 17.2 Å². The first kappa shape index (κ1) is 16.5. The zero-order chi connectivity index (χ0) is 15.3. The van der Waals surface area contributed by atoms with Crippen LogP contribution in [0, 0.1) is 0 Å². The van der Waals surface area contributed by atoms with E-state index in [1.807, 2.05) is 6.92 Å². The van der Waals surface area contributed by atoms with Crippen LogP contribution >= 0.6 is 11.6 Å². The quantitative estimate of drug-likeness (QED) is 0.832. The summed E-state index contributed by atoms with van der Waals surface area (Å²) in [6, 6.07) is 1.22. The number of anilines is 1. The van der Waals surface area contributed by atoms with Gasteiger partial charge in [-0.1, -0.05) is 18.5 Å². The van der Waals surface area contributed by atoms with Crippen LogP contribution in [0.5, 0.6) is 0 Å². The van der Waals surface area contributed by atoms with Gasteiger partial charge in [-0.3, -0.25) is 0 Å². The third-order valence-corrected chi connectivity index (χ3v) is 4.93. The van der Waals surface area contributed by atoms with Gasteiger partial charge in [0.25, 0.3) is 0 Å². The molecule has 0 radical (unpaired) electrons. The molecule has 0 amide bonds. The Labute approximate surface area is 130 Å². The van der Waals surface area contributed by atoms with Crippen LogP contribution in [-0.2, 0) is 14.8 Å². The van der Waals surface area contributed by atoms with Gasteiger partial charge in [0.2, 0.25) is 10.0 Å². The van der Waals surface area contributed by atoms with Crippen molar-refractivity contribution in [2.45, 2.75) is 37.1 Å². The highest BCUT2D eigenvalue weighted by molar-refractivity contribution is 7.89. The van der Waals surface area contributed by atoms with Crippen LogP contribution in [0.1, 0.15) is 26.2 Å². The lowest BCUT2D eigenvalue weighted by Gasteiger charge is -2.23. The molecule has 0 saturated carbocycles. The van der Waals surface area contributed by atoms with Gasteiger partial charge in [-0.15, -0.1) is 0 Å². The number of sulfonamides is 1. The van der Waals surface area contributed by atoms with Gasteiger partial charge in [0, 0.05) is 25.4 Å². The Morgan fingerprint density at radius 3 is 2.95 bits per heavy atom. The SMILES string of the molecule is CCCNc1ncc(S(=O)(=O)NC2CCCOC2)cc1Cl. The molecule has 1 aliphatic heterocycles. The number of pyridine rings is 1. The third kappa shape index (κ3) is 4.54.